The molecule has 1 fully saturated rings. The zero-order valence-electron chi connectivity index (χ0n) is 20.2. The predicted molar refractivity (Wildman–Crippen MR) is 138 cm³/mol. The van der Waals surface area contributed by atoms with Crippen molar-refractivity contribution >= 4 is 46.2 Å². The average Bonchev–Trinajstić information content (AvgIpc) is 3.30. The van der Waals surface area contributed by atoms with Gasteiger partial charge >= 0.3 is 6.18 Å². The SMILES string of the molecule is CSc1nc(N2CCc3c([nH]c4ccc(Cl)cc34)[C@@H]2c2cnc(N3CCOCC3)nc2)nc(C(F)(F)F)n1. The summed E-state index contributed by atoms with van der Waals surface area (Å²) >= 11 is 7.32. The highest BCUT2D eigenvalue weighted by Gasteiger charge is 2.39. The molecule has 0 unspecified atom stereocenters. The zero-order valence-corrected chi connectivity index (χ0v) is 21.7. The number of hydrogen-bond acceptors (Lipinski definition) is 9. The number of H-pyrrole nitrogens is 1. The molecule has 1 saturated heterocycles. The summed E-state index contributed by atoms with van der Waals surface area (Å²) in [4.78, 5) is 28.3. The van der Waals surface area contributed by atoms with Gasteiger partial charge in [-0.25, -0.2) is 9.97 Å². The molecular weight excluding hydrogens is 541 g/mol. The van der Waals surface area contributed by atoms with Gasteiger partial charge in [0, 0.05) is 59.2 Å². The van der Waals surface area contributed by atoms with Crippen molar-refractivity contribution in [3.05, 3.63) is 58.3 Å². The largest absolute Gasteiger partial charge is 0.451 e. The number of thioether (sulfide) groups is 1. The maximum Gasteiger partial charge on any atom is 0.451 e. The molecule has 0 spiro atoms. The normalized spacial score (nSPS) is 18.2. The highest BCUT2D eigenvalue weighted by molar-refractivity contribution is 7.98. The van der Waals surface area contributed by atoms with Gasteiger partial charge in [-0.05, 0) is 36.4 Å². The van der Waals surface area contributed by atoms with Crippen LogP contribution in [0, 0.1) is 0 Å². The number of alkyl halides is 3. The van der Waals surface area contributed by atoms with Gasteiger partial charge in [0.25, 0.3) is 0 Å². The predicted octanol–water partition coefficient (Wildman–Crippen LogP) is 4.53. The molecule has 1 N–H and O–H groups in total. The smallest absolute Gasteiger partial charge is 0.378 e. The van der Waals surface area contributed by atoms with Gasteiger partial charge in [0.1, 0.15) is 6.04 Å². The van der Waals surface area contributed by atoms with Gasteiger partial charge < -0.3 is 19.5 Å². The summed E-state index contributed by atoms with van der Waals surface area (Å²) in [6.07, 6.45) is 0.902. The first kappa shape index (κ1) is 25.1. The van der Waals surface area contributed by atoms with E-state index in [0.29, 0.717) is 55.8 Å². The van der Waals surface area contributed by atoms with E-state index in [1.807, 2.05) is 17.0 Å². The molecule has 0 radical (unpaired) electrons. The van der Waals surface area contributed by atoms with Gasteiger partial charge in [-0.2, -0.15) is 28.1 Å². The van der Waals surface area contributed by atoms with E-state index >= 15 is 0 Å². The lowest BCUT2D eigenvalue weighted by molar-refractivity contribution is -0.145. The van der Waals surface area contributed by atoms with E-state index in [-0.39, 0.29) is 11.1 Å². The van der Waals surface area contributed by atoms with Crippen molar-refractivity contribution in [2.45, 2.75) is 23.8 Å². The number of ether oxygens (including phenoxy) is 1. The molecule has 0 bridgehead atoms. The third-order valence-corrected chi connectivity index (χ3v) is 7.44. The van der Waals surface area contributed by atoms with Crippen molar-refractivity contribution in [1.29, 1.82) is 0 Å². The second kappa shape index (κ2) is 9.86. The highest BCUT2D eigenvalue weighted by Crippen LogP contribution is 2.41. The van der Waals surface area contributed by atoms with Gasteiger partial charge in [0.15, 0.2) is 5.16 Å². The number of aromatic amines is 1. The highest BCUT2D eigenvalue weighted by atomic mass is 35.5. The third kappa shape index (κ3) is 4.63. The summed E-state index contributed by atoms with van der Waals surface area (Å²) in [7, 11) is 0. The lowest BCUT2D eigenvalue weighted by Crippen LogP contribution is -2.39. The molecule has 0 saturated carbocycles. The van der Waals surface area contributed by atoms with Crippen molar-refractivity contribution in [2.75, 3.05) is 48.9 Å². The molecule has 2 aliphatic heterocycles. The Morgan fingerprint density at radius 1 is 1.05 bits per heavy atom. The Labute approximate surface area is 224 Å². The maximum atomic E-state index is 13.7. The van der Waals surface area contributed by atoms with Crippen molar-refractivity contribution in [3.8, 4) is 0 Å². The molecule has 1 atom stereocenters. The van der Waals surface area contributed by atoms with Crippen LogP contribution in [0.5, 0.6) is 0 Å². The number of morpholine rings is 1. The molecule has 38 heavy (non-hydrogen) atoms. The van der Waals surface area contributed by atoms with Crippen LogP contribution in [0.2, 0.25) is 5.02 Å². The first-order valence-electron chi connectivity index (χ1n) is 11.9. The molecule has 3 aromatic heterocycles. The Bertz CT molecular complexity index is 1480. The molecule has 0 amide bonds. The Morgan fingerprint density at radius 2 is 1.82 bits per heavy atom. The number of nitrogens with zero attached hydrogens (tertiary/aromatic N) is 7. The van der Waals surface area contributed by atoms with Gasteiger partial charge in [-0.3, -0.25) is 0 Å². The summed E-state index contributed by atoms with van der Waals surface area (Å²) in [6.45, 7) is 2.94. The summed E-state index contributed by atoms with van der Waals surface area (Å²) in [5.41, 5.74) is 3.43. The van der Waals surface area contributed by atoms with Gasteiger partial charge in [0.05, 0.1) is 13.2 Å². The van der Waals surface area contributed by atoms with E-state index in [0.717, 1.165) is 33.9 Å². The Morgan fingerprint density at radius 3 is 2.53 bits per heavy atom. The minimum Gasteiger partial charge on any atom is -0.378 e. The fourth-order valence-electron chi connectivity index (χ4n) is 4.91. The molecule has 5 heterocycles. The monoisotopic (exact) mass is 562 g/mol. The van der Waals surface area contributed by atoms with Crippen LogP contribution in [0.25, 0.3) is 10.9 Å². The van der Waals surface area contributed by atoms with Crippen LogP contribution in [-0.4, -0.2) is 69.0 Å². The van der Waals surface area contributed by atoms with E-state index in [2.05, 4.69) is 29.9 Å². The van der Waals surface area contributed by atoms with Crippen LogP contribution in [-0.2, 0) is 17.3 Å². The van der Waals surface area contributed by atoms with Gasteiger partial charge in [0.2, 0.25) is 17.7 Å². The number of fused-ring (bicyclic) bond motifs is 3. The van der Waals surface area contributed by atoms with Gasteiger partial charge in [-0.1, -0.05) is 23.4 Å². The quantitative estimate of drug-likeness (QED) is 0.360. The lowest BCUT2D eigenvalue weighted by Gasteiger charge is -2.36. The number of anilines is 2. The number of halogens is 4. The van der Waals surface area contributed by atoms with Crippen molar-refractivity contribution in [1.82, 2.24) is 29.9 Å². The lowest BCUT2D eigenvalue weighted by atomic mass is 9.94. The summed E-state index contributed by atoms with van der Waals surface area (Å²) in [5, 5.41) is 1.57. The molecule has 0 aliphatic carbocycles. The molecule has 9 nitrogen and oxygen atoms in total. The zero-order chi connectivity index (χ0) is 26.4. The molecular formula is C24H22ClF3N8OS. The fourth-order valence-corrected chi connectivity index (χ4v) is 5.44. The van der Waals surface area contributed by atoms with E-state index in [1.54, 1.807) is 29.6 Å². The number of aromatic nitrogens is 6. The van der Waals surface area contributed by atoms with Crippen molar-refractivity contribution < 1.29 is 17.9 Å². The molecule has 198 valence electrons. The van der Waals surface area contributed by atoms with Crippen molar-refractivity contribution in [3.63, 3.8) is 0 Å². The molecule has 14 heteroatoms. The minimum absolute atomic E-state index is 0.00536. The Hall–Kier alpha value is -3.16. The first-order chi connectivity index (χ1) is 18.3. The average molecular weight is 563 g/mol. The van der Waals surface area contributed by atoms with Crippen LogP contribution in [0.3, 0.4) is 0 Å². The second-order valence-electron chi connectivity index (χ2n) is 8.91. The second-order valence-corrected chi connectivity index (χ2v) is 10.1. The summed E-state index contributed by atoms with van der Waals surface area (Å²) in [5.74, 6) is -0.702. The number of benzene rings is 1. The molecule has 1 aromatic carbocycles. The Kier molecular flexibility index (Phi) is 6.52. The topological polar surface area (TPSA) is 96.0 Å². The summed E-state index contributed by atoms with van der Waals surface area (Å²) < 4.78 is 46.4. The van der Waals surface area contributed by atoms with Gasteiger partial charge in [-0.15, -0.1) is 0 Å². The molecule has 4 aromatic rings. The van der Waals surface area contributed by atoms with E-state index in [9.17, 15) is 13.2 Å². The maximum absolute atomic E-state index is 13.7. The third-order valence-electron chi connectivity index (χ3n) is 6.65. The Balaban J connectivity index is 1.48. The van der Waals surface area contributed by atoms with E-state index < -0.39 is 18.0 Å². The van der Waals surface area contributed by atoms with Crippen LogP contribution in [0.1, 0.15) is 28.7 Å². The standard InChI is InChI=1S/C24H22ClF3N8OS/c1-38-23-33-20(24(26,27)28)32-22(34-23)36-5-4-15-16-10-14(25)2-3-17(16)31-18(15)19(36)13-11-29-21(30-12-13)35-6-8-37-9-7-35/h2-3,10-12,19,31H,4-9H2,1H3/t19-/m0/s1. The van der Waals surface area contributed by atoms with Crippen LogP contribution in [0.4, 0.5) is 25.1 Å². The first-order valence-corrected chi connectivity index (χ1v) is 13.5. The van der Waals surface area contributed by atoms with Crippen molar-refractivity contribution in [2.24, 2.45) is 0 Å². The van der Waals surface area contributed by atoms with Crippen LogP contribution in [0.15, 0.2) is 35.7 Å². The summed E-state index contributed by atoms with van der Waals surface area (Å²) in [6, 6.07) is 5.03. The van der Waals surface area contributed by atoms with Crippen LogP contribution < -0.4 is 9.80 Å². The van der Waals surface area contributed by atoms with E-state index in [4.69, 9.17) is 16.3 Å². The fraction of sp³-hybridized carbons (Fsp3) is 0.375. The number of nitrogens with one attached hydrogen (secondary N) is 1. The van der Waals surface area contributed by atoms with Crippen LogP contribution >= 0.6 is 23.4 Å². The number of hydrogen-bond donors (Lipinski definition) is 1. The molecule has 2 aliphatic rings. The molecule has 6 rings (SSSR count). The van der Waals surface area contributed by atoms with E-state index in [1.165, 1.54) is 0 Å². The minimum atomic E-state index is -4.71. The number of rotatable bonds is 4.